The normalized spacial score (nSPS) is 11.8. The molecule has 0 radical (unpaired) electrons. The fourth-order valence-electron chi connectivity index (χ4n) is 3.78. The van der Waals surface area contributed by atoms with Crippen molar-refractivity contribution in [1.82, 2.24) is 19.3 Å². The molecule has 0 saturated carbocycles. The minimum Gasteiger partial charge on any atom is -0.324 e. The Balaban J connectivity index is 1.45. The maximum Gasteiger partial charge on any atom is 0.257 e. The number of carbonyl (C=O) groups excluding carboxylic acids is 2. The van der Waals surface area contributed by atoms with Gasteiger partial charge in [-0.25, -0.2) is 9.67 Å². The number of aryl methyl sites for hydroxylation is 2. The van der Waals surface area contributed by atoms with Crippen LogP contribution >= 0.6 is 0 Å². The quantitative estimate of drug-likeness (QED) is 0.461. The molecule has 4 rings (SSSR count). The van der Waals surface area contributed by atoms with Crippen LogP contribution in [0, 0.1) is 20.8 Å². The average Bonchev–Trinajstić information content (AvgIpc) is 3.42. The van der Waals surface area contributed by atoms with E-state index in [4.69, 9.17) is 0 Å². The van der Waals surface area contributed by atoms with Gasteiger partial charge in [0.1, 0.15) is 18.7 Å². The Hall–Kier alpha value is -4.20. The van der Waals surface area contributed by atoms with E-state index >= 15 is 0 Å². The van der Waals surface area contributed by atoms with Crippen molar-refractivity contribution >= 4 is 23.2 Å². The number of nitrogens with one attached hydrogen (secondary N) is 2. The van der Waals surface area contributed by atoms with E-state index in [1.165, 1.54) is 17.3 Å². The largest absolute Gasteiger partial charge is 0.324 e. The van der Waals surface area contributed by atoms with E-state index in [2.05, 4.69) is 31.3 Å². The number of anilines is 2. The van der Waals surface area contributed by atoms with Gasteiger partial charge in [0.15, 0.2) is 0 Å². The minimum atomic E-state index is -0.490. The summed E-state index contributed by atoms with van der Waals surface area (Å²) in [6.07, 6.45) is 2.89. The van der Waals surface area contributed by atoms with E-state index < -0.39 is 6.04 Å². The van der Waals surface area contributed by atoms with Gasteiger partial charge in [0, 0.05) is 28.5 Å². The van der Waals surface area contributed by atoms with Gasteiger partial charge in [-0.15, -0.1) is 0 Å². The van der Waals surface area contributed by atoms with Crippen molar-refractivity contribution in [3.8, 4) is 5.69 Å². The van der Waals surface area contributed by atoms with Crippen molar-refractivity contribution in [2.24, 2.45) is 0 Å². The number of hydrogen-bond acceptors (Lipinski definition) is 4. The molecular weight excluding hydrogens is 416 g/mol. The highest BCUT2D eigenvalue weighted by Gasteiger charge is 2.18. The first-order chi connectivity index (χ1) is 15.8. The van der Waals surface area contributed by atoms with Crippen LogP contribution in [0.15, 0.2) is 67.3 Å². The number of nitrogens with zero attached hydrogens (tertiary/aromatic N) is 4. The Morgan fingerprint density at radius 1 is 0.939 bits per heavy atom. The molecule has 2 heterocycles. The summed E-state index contributed by atoms with van der Waals surface area (Å²) < 4.78 is 3.56. The molecule has 1 atom stereocenters. The first-order valence-corrected chi connectivity index (χ1v) is 10.7. The molecule has 0 saturated heterocycles. The summed E-state index contributed by atoms with van der Waals surface area (Å²) in [6.45, 7) is 7.72. The minimum absolute atomic E-state index is 0.182. The van der Waals surface area contributed by atoms with Crippen molar-refractivity contribution < 1.29 is 9.59 Å². The van der Waals surface area contributed by atoms with Crippen LogP contribution in [0.1, 0.15) is 40.3 Å². The lowest BCUT2D eigenvalue weighted by Crippen LogP contribution is -2.24. The van der Waals surface area contributed by atoms with Gasteiger partial charge in [0.05, 0.1) is 5.56 Å². The second kappa shape index (κ2) is 9.12. The van der Waals surface area contributed by atoms with Gasteiger partial charge in [-0.2, -0.15) is 5.10 Å². The number of rotatable bonds is 6. The molecular formula is C25H26N6O2. The molecule has 4 aromatic rings. The van der Waals surface area contributed by atoms with Crippen LogP contribution < -0.4 is 10.6 Å². The summed E-state index contributed by atoms with van der Waals surface area (Å²) in [5, 5.41) is 9.77. The summed E-state index contributed by atoms with van der Waals surface area (Å²) in [5.41, 5.74) is 5.95. The highest BCUT2D eigenvalue weighted by atomic mass is 16.2. The summed E-state index contributed by atoms with van der Waals surface area (Å²) in [6, 6.07) is 16.6. The summed E-state index contributed by atoms with van der Waals surface area (Å²) in [4.78, 5) is 29.2. The van der Waals surface area contributed by atoms with E-state index in [1.54, 1.807) is 31.2 Å². The molecule has 0 fully saturated rings. The molecule has 0 aliphatic rings. The van der Waals surface area contributed by atoms with E-state index in [0.717, 1.165) is 22.6 Å². The van der Waals surface area contributed by atoms with Crippen molar-refractivity contribution in [3.05, 3.63) is 89.8 Å². The zero-order valence-electron chi connectivity index (χ0n) is 19.0. The van der Waals surface area contributed by atoms with E-state index in [-0.39, 0.29) is 11.8 Å². The lowest BCUT2D eigenvalue weighted by atomic mass is 10.2. The molecule has 33 heavy (non-hydrogen) atoms. The van der Waals surface area contributed by atoms with Crippen LogP contribution in [-0.4, -0.2) is 31.1 Å². The summed E-state index contributed by atoms with van der Waals surface area (Å²) in [5.74, 6) is -0.389. The van der Waals surface area contributed by atoms with Gasteiger partial charge in [0.2, 0.25) is 5.91 Å². The third-order valence-electron chi connectivity index (χ3n) is 5.56. The molecule has 0 bridgehead atoms. The fraction of sp³-hybridized carbons (Fsp3) is 0.200. The van der Waals surface area contributed by atoms with Gasteiger partial charge in [-0.3, -0.25) is 9.59 Å². The van der Waals surface area contributed by atoms with Crippen LogP contribution in [0.3, 0.4) is 0 Å². The Kier molecular flexibility index (Phi) is 6.08. The number of carbonyl (C=O) groups is 2. The Morgan fingerprint density at radius 3 is 2.27 bits per heavy atom. The van der Waals surface area contributed by atoms with Crippen LogP contribution in [-0.2, 0) is 4.79 Å². The second-order valence-corrected chi connectivity index (χ2v) is 8.03. The van der Waals surface area contributed by atoms with Crippen molar-refractivity contribution in [1.29, 1.82) is 0 Å². The monoisotopic (exact) mass is 442 g/mol. The second-order valence-electron chi connectivity index (χ2n) is 8.03. The molecule has 8 nitrogen and oxygen atoms in total. The van der Waals surface area contributed by atoms with Gasteiger partial charge in [-0.05, 0) is 75.7 Å². The molecule has 0 aliphatic heterocycles. The zero-order chi connectivity index (χ0) is 23.5. The van der Waals surface area contributed by atoms with E-state index in [1.807, 2.05) is 45.0 Å². The van der Waals surface area contributed by atoms with Crippen LogP contribution in [0.4, 0.5) is 11.4 Å². The van der Waals surface area contributed by atoms with Gasteiger partial charge >= 0.3 is 0 Å². The lowest BCUT2D eigenvalue weighted by molar-refractivity contribution is -0.119. The molecule has 1 unspecified atom stereocenters. The van der Waals surface area contributed by atoms with E-state index in [0.29, 0.717) is 16.9 Å². The Morgan fingerprint density at radius 2 is 1.64 bits per heavy atom. The highest BCUT2D eigenvalue weighted by Crippen LogP contribution is 2.23. The standard InChI is InChI=1S/C25H26N6O2/c1-16-6-5-7-22(12-16)31-17(2)13-23(18(31)3)25(33)29-21-10-8-20(9-11-21)28-24(32)19(4)30-15-26-14-27-30/h5-15,19H,1-4H3,(H,28,32)(H,29,33). The molecule has 0 spiro atoms. The summed E-state index contributed by atoms with van der Waals surface area (Å²) >= 11 is 0. The van der Waals surface area contributed by atoms with Crippen molar-refractivity contribution in [2.45, 2.75) is 33.7 Å². The molecule has 2 aromatic heterocycles. The third-order valence-corrected chi connectivity index (χ3v) is 5.56. The maximum absolute atomic E-state index is 13.0. The van der Waals surface area contributed by atoms with Crippen LogP contribution in [0.5, 0.6) is 0 Å². The average molecular weight is 443 g/mol. The number of benzene rings is 2. The highest BCUT2D eigenvalue weighted by molar-refractivity contribution is 6.05. The maximum atomic E-state index is 13.0. The van der Waals surface area contributed by atoms with Crippen molar-refractivity contribution in [3.63, 3.8) is 0 Å². The predicted octanol–water partition coefficient (Wildman–Crippen LogP) is 4.45. The predicted molar refractivity (Wildman–Crippen MR) is 128 cm³/mol. The zero-order valence-corrected chi connectivity index (χ0v) is 19.0. The third kappa shape index (κ3) is 4.69. The molecule has 168 valence electrons. The summed E-state index contributed by atoms with van der Waals surface area (Å²) in [7, 11) is 0. The van der Waals surface area contributed by atoms with Crippen LogP contribution in [0.2, 0.25) is 0 Å². The number of aromatic nitrogens is 4. The van der Waals surface area contributed by atoms with Crippen LogP contribution in [0.25, 0.3) is 5.69 Å². The lowest BCUT2D eigenvalue weighted by Gasteiger charge is -2.13. The number of hydrogen-bond donors (Lipinski definition) is 2. The first kappa shape index (κ1) is 22.0. The Bertz CT molecular complexity index is 1290. The topological polar surface area (TPSA) is 93.8 Å². The first-order valence-electron chi connectivity index (χ1n) is 10.7. The molecule has 2 N–H and O–H groups in total. The molecule has 2 amide bonds. The molecule has 0 aliphatic carbocycles. The van der Waals surface area contributed by atoms with Gasteiger partial charge in [0.25, 0.3) is 5.91 Å². The smallest absolute Gasteiger partial charge is 0.257 e. The van der Waals surface area contributed by atoms with E-state index in [9.17, 15) is 9.59 Å². The van der Waals surface area contributed by atoms with Gasteiger partial charge < -0.3 is 15.2 Å². The fourth-order valence-corrected chi connectivity index (χ4v) is 3.78. The number of amides is 2. The molecule has 2 aromatic carbocycles. The van der Waals surface area contributed by atoms with Gasteiger partial charge in [-0.1, -0.05) is 12.1 Å². The molecule has 8 heteroatoms. The van der Waals surface area contributed by atoms with Crippen molar-refractivity contribution in [2.75, 3.05) is 10.6 Å². The Labute approximate surface area is 192 Å². The SMILES string of the molecule is Cc1cccc(-n2c(C)cc(C(=O)Nc3ccc(NC(=O)C(C)n4cncn4)cc3)c2C)c1.